The molecule has 0 fully saturated rings. The molecule has 3 heteroatoms. The van der Waals surface area contributed by atoms with Crippen LogP contribution in [0.2, 0.25) is 0 Å². The van der Waals surface area contributed by atoms with Crippen LogP contribution >= 0.6 is 0 Å². The van der Waals surface area contributed by atoms with Crippen LogP contribution in [-0.4, -0.2) is 17.2 Å². The lowest BCUT2D eigenvalue weighted by molar-refractivity contribution is 0.426. The predicted octanol–water partition coefficient (Wildman–Crippen LogP) is 3.74. The zero-order valence-corrected chi connectivity index (χ0v) is 14.3. The highest BCUT2D eigenvalue weighted by atomic mass is 16.4. The van der Waals surface area contributed by atoms with Crippen molar-refractivity contribution in [2.45, 2.75) is 13.3 Å². The summed E-state index contributed by atoms with van der Waals surface area (Å²) in [5.74, 6) is 0. The van der Waals surface area contributed by atoms with Gasteiger partial charge in [0.05, 0.1) is 0 Å². The maximum absolute atomic E-state index is 9.51. The van der Waals surface area contributed by atoms with Crippen LogP contribution in [0, 0.1) is 0 Å². The number of rotatable bonds is 5. The molecule has 3 aromatic carbocycles. The first kappa shape index (κ1) is 17.2. The SMILES string of the molecule is CCC(=C(c1ccccc1)c1ccccc1)c1cccc(B(O)O)c1. The Balaban J connectivity index is 2.25. The number of hydrogen-bond acceptors (Lipinski definition) is 2. The zero-order valence-electron chi connectivity index (χ0n) is 14.3. The Morgan fingerprint density at radius 1 is 0.720 bits per heavy atom. The number of allylic oxidation sites excluding steroid dienone is 1. The first-order valence-corrected chi connectivity index (χ1v) is 8.51. The van der Waals surface area contributed by atoms with Crippen molar-refractivity contribution < 1.29 is 10.0 Å². The van der Waals surface area contributed by atoms with Gasteiger partial charge in [-0.1, -0.05) is 91.9 Å². The van der Waals surface area contributed by atoms with Crippen LogP contribution in [0.3, 0.4) is 0 Å². The molecule has 0 heterocycles. The van der Waals surface area contributed by atoms with E-state index in [0.29, 0.717) is 5.46 Å². The summed E-state index contributed by atoms with van der Waals surface area (Å²) in [7, 11) is -1.46. The third-order valence-electron chi connectivity index (χ3n) is 4.31. The molecule has 0 spiro atoms. The van der Waals surface area contributed by atoms with Gasteiger partial charge in [0.2, 0.25) is 0 Å². The summed E-state index contributed by atoms with van der Waals surface area (Å²) in [4.78, 5) is 0. The van der Waals surface area contributed by atoms with Gasteiger partial charge in [-0.15, -0.1) is 0 Å². The summed E-state index contributed by atoms with van der Waals surface area (Å²) >= 11 is 0. The van der Waals surface area contributed by atoms with Crippen molar-refractivity contribution in [3.05, 3.63) is 102 Å². The van der Waals surface area contributed by atoms with Gasteiger partial charge in [-0.3, -0.25) is 0 Å². The highest BCUT2D eigenvalue weighted by Gasteiger charge is 2.15. The summed E-state index contributed by atoms with van der Waals surface area (Å²) in [6.07, 6.45) is 0.837. The normalized spacial score (nSPS) is 10.4. The molecular weight excluding hydrogens is 307 g/mol. The molecule has 0 saturated carbocycles. The predicted molar refractivity (Wildman–Crippen MR) is 105 cm³/mol. The molecule has 0 aliphatic heterocycles. The van der Waals surface area contributed by atoms with E-state index >= 15 is 0 Å². The standard InChI is InChI=1S/C22H21BO2/c1-2-21(19-14-9-15-20(16-19)23(24)25)22(17-10-5-3-6-11-17)18-12-7-4-8-13-18/h3-16,24-25H,2H2,1H3. The van der Waals surface area contributed by atoms with Crippen LogP contribution in [0.25, 0.3) is 11.1 Å². The van der Waals surface area contributed by atoms with Crippen molar-refractivity contribution in [1.82, 2.24) is 0 Å². The average Bonchev–Trinajstić information content (AvgIpc) is 2.67. The third kappa shape index (κ3) is 3.90. The Morgan fingerprint density at radius 3 is 1.72 bits per heavy atom. The summed E-state index contributed by atoms with van der Waals surface area (Å²) in [5.41, 5.74) is 6.17. The molecule has 2 N–H and O–H groups in total. The fourth-order valence-corrected chi connectivity index (χ4v) is 3.14. The molecule has 124 valence electrons. The van der Waals surface area contributed by atoms with E-state index in [4.69, 9.17) is 0 Å². The molecule has 25 heavy (non-hydrogen) atoms. The molecule has 0 atom stereocenters. The quantitative estimate of drug-likeness (QED) is 0.553. The second-order valence-electron chi connectivity index (χ2n) is 5.94. The largest absolute Gasteiger partial charge is 0.488 e. The van der Waals surface area contributed by atoms with E-state index in [-0.39, 0.29) is 0 Å². The minimum absolute atomic E-state index is 0.504. The van der Waals surface area contributed by atoms with Crippen LogP contribution in [0.1, 0.15) is 30.0 Å². The Hall–Kier alpha value is -2.62. The second kappa shape index (κ2) is 7.97. The highest BCUT2D eigenvalue weighted by Crippen LogP contribution is 2.33. The lowest BCUT2D eigenvalue weighted by Gasteiger charge is -2.17. The second-order valence-corrected chi connectivity index (χ2v) is 5.94. The van der Waals surface area contributed by atoms with Crippen LogP contribution in [0.15, 0.2) is 84.9 Å². The maximum Gasteiger partial charge on any atom is 0.488 e. The Labute approximate surface area is 149 Å². The van der Waals surface area contributed by atoms with Crippen molar-refractivity contribution in [1.29, 1.82) is 0 Å². The van der Waals surface area contributed by atoms with E-state index in [2.05, 4.69) is 31.2 Å². The fraction of sp³-hybridized carbons (Fsp3) is 0.0909. The molecule has 0 aliphatic rings. The molecule has 0 aliphatic carbocycles. The van der Waals surface area contributed by atoms with Crippen molar-refractivity contribution in [2.75, 3.05) is 0 Å². The van der Waals surface area contributed by atoms with Crippen molar-refractivity contribution in [3.63, 3.8) is 0 Å². The summed E-state index contributed by atoms with van der Waals surface area (Å²) in [5, 5.41) is 19.0. The minimum Gasteiger partial charge on any atom is -0.423 e. The molecule has 2 nitrogen and oxygen atoms in total. The van der Waals surface area contributed by atoms with E-state index in [0.717, 1.165) is 23.1 Å². The van der Waals surface area contributed by atoms with Crippen LogP contribution < -0.4 is 5.46 Å². The van der Waals surface area contributed by atoms with E-state index < -0.39 is 7.12 Å². The van der Waals surface area contributed by atoms with E-state index in [9.17, 15) is 10.0 Å². The van der Waals surface area contributed by atoms with E-state index in [1.54, 1.807) is 6.07 Å². The summed E-state index contributed by atoms with van der Waals surface area (Å²) < 4.78 is 0. The van der Waals surface area contributed by atoms with Crippen molar-refractivity contribution in [3.8, 4) is 0 Å². The molecular formula is C22H21BO2. The smallest absolute Gasteiger partial charge is 0.423 e. The number of benzene rings is 3. The monoisotopic (exact) mass is 328 g/mol. The molecule has 0 amide bonds. The van der Waals surface area contributed by atoms with Gasteiger partial charge in [-0.05, 0) is 39.7 Å². The van der Waals surface area contributed by atoms with Crippen molar-refractivity contribution >= 4 is 23.7 Å². The molecule has 0 unspecified atom stereocenters. The van der Waals surface area contributed by atoms with Gasteiger partial charge in [0.25, 0.3) is 0 Å². The maximum atomic E-state index is 9.51. The molecule has 0 saturated heterocycles. The van der Waals surface area contributed by atoms with E-state index in [1.807, 2.05) is 54.6 Å². The Morgan fingerprint density at radius 2 is 1.24 bits per heavy atom. The van der Waals surface area contributed by atoms with Crippen LogP contribution in [0.5, 0.6) is 0 Å². The minimum atomic E-state index is -1.46. The highest BCUT2D eigenvalue weighted by molar-refractivity contribution is 6.58. The Kier molecular flexibility index (Phi) is 5.49. The van der Waals surface area contributed by atoms with E-state index in [1.165, 1.54) is 11.1 Å². The van der Waals surface area contributed by atoms with Crippen LogP contribution in [-0.2, 0) is 0 Å². The third-order valence-corrected chi connectivity index (χ3v) is 4.31. The lowest BCUT2D eigenvalue weighted by atomic mass is 9.78. The molecule has 3 aromatic rings. The Bertz CT molecular complexity index is 814. The lowest BCUT2D eigenvalue weighted by Crippen LogP contribution is -2.29. The van der Waals surface area contributed by atoms with Gasteiger partial charge in [0, 0.05) is 0 Å². The van der Waals surface area contributed by atoms with Crippen molar-refractivity contribution in [2.24, 2.45) is 0 Å². The molecule has 0 radical (unpaired) electrons. The van der Waals surface area contributed by atoms with Gasteiger partial charge < -0.3 is 10.0 Å². The number of hydrogen-bond donors (Lipinski definition) is 2. The first-order chi connectivity index (χ1) is 12.2. The summed E-state index contributed by atoms with van der Waals surface area (Å²) in [6.45, 7) is 2.13. The van der Waals surface area contributed by atoms with Gasteiger partial charge in [0.1, 0.15) is 0 Å². The average molecular weight is 328 g/mol. The first-order valence-electron chi connectivity index (χ1n) is 8.51. The molecule has 3 rings (SSSR count). The van der Waals surface area contributed by atoms with Crippen LogP contribution in [0.4, 0.5) is 0 Å². The van der Waals surface area contributed by atoms with Gasteiger partial charge in [0.15, 0.2) is 0 Å². The van der Waals surface area contributed by atoms with Gasteiger partial charge in [-0.2, -0.15) is 0 Å². The fourth-order valence-electron chi connectivity index (χ4n) is 3.14. The summed E-state index contributed by atoms with van der Waals surface area (Å²) in [6, 6.07) is 28.1. The zero-order chi connectivity index (χ0) is 17.6. The van der Waals surface area contributed by atoms with Gasteiger partial charge >= 0.3 is 7.12 Å². The molecule has 0 bridgehead atoms. The molecule has 0 aromatic heterocycles. The topological polar surface area (TPSA) is 40.5 Å². The van der Waals surface area contributed by atoms with Gasteiger partial charge in [-0.25, -0.2) is 0 Å².